The molecule has 2 aromatic rings. The van der Waals surface area contributed by atoms with Gasteiger partial charge < -0.3 is 0 Å². The summed E-state index contributed by atoms with van der Waals surface area (Å²) < 4.78 is 25.6. The summed E-state index contributed by atoms with van der Waals surface area (Å²) in [5.41, 5.74) is 2.08. The average Bonchev–Trinajstić information content (AvgIpc) is 2.47. The van der Waals surface area contributed by atoms with Gasteiger partial charge in [0.25, 0.3) is 0 Å². The van der Waals surface area contributed by atoms with Crippen LogP contribution in [0.1, 0.15) is 50.7 Å². The van der Waals surface area contributed by atoms with Gasteiger partial charge in [0.2, 0.25) is 9.84 Å². The molecule has 0 saturated carbocycles. The molecule has 0 saturated heterocycles. The lowest BCUT2D eigenvalue weighted by Crippen LogP contribution is -2.04. The van der Waals surface area contributed by atoms with Crippen LogP contribution in [0.2, 0.25) is 0 Å². The molecule has 0 radical (unpaired) electrons. The van der Waals surface area contributed by atoms with E-state index in [1.807, 2.05) is 24.3 Å². The Hall–Kier alpha value is -1.61. The van der Waals surface area contributed by atoms with Crippen LogP contribution in [0.3, 0.4) is 0 Å². The number of benzene rings is 2. The molecule has 0 amide bonds. The average molecular weight is 302 g/mol. The van der Waals surface area contributed by atoms with Crippen molar-refractivity contribution in [3.8, 4) is 0 Å². The van der Waals surface area contributed by atoms with Gasteiger partial charge in [-0.25, -0.2) is 8.42 Å². The van der Waals surface area contributed by atoms with Gasteiger partial charge in [0.05, 0.1) is 9.79 Å². The van der Waals surface area contributed by atoms with E-state index in [2.05, 4.69) is 27.7 Å². The van der Waals surface area contributed by atoms with Crippen LogP contribution < -0.4 is 0 Å². The van der Waals surface area contributed by atoms with Crippen molar-refractivity contribution in [2.75, 3.05) is 0 Å². The Labute approximate surface area is 127 Å². The highest BCUT2D eigenvalue weighted by molar-refractivity contribution is 7.91. The maximum Gasteiger partial charge on any atom is 0.206 e. The molecule has 0 aliphatic heterocycles. The second-order valence-electron chi connectivity index (χ2n) is 5.96. The van der Waals surface area contributed by atoms with E-state index in [-0.39, 0.29) is 0 Å². The molecule has 0 atom stereocenters. The largest absolute Gasteiger partial charge is 0.219 e. The summed E-state index contributed by atoms with van der Waals surface area (Å²) >= 11 is 0. The van der Waals surface area contributed by atoms with E-state index in [9.17, 15) is 8.42 Å². The Morgan fingerprint density at radius 3 is 1.43 bits per heavy atom. The van der Waals surface area contributed by atoms with E-state index in [1.54, 1.807) is 24.3 Å². The van der Waals surface area contributed by atoms with Crippen LogP contribution in [0.15, 0.2) is 58.3 Å². The van der Waals surface area contributed by atoms with Crippen LogP contribution >= 0.6 is 0 Å². The molecular formula is C18H22O2S. The number of rotatable bonds is 4. The van der Waals surface area contributed by atoms with Crippen molar-refractivity contribution < 1.29 is 8.42 Å². The van der Waals surface area contributed by atoms with Crippen LogP contribution in [0, 0.1) is 0 Å². The lowest BCUT2D eigenvalue weighted by atomic mass is 10.0. The zero-order chi connectivity index (χ0) is 15.6. The quantitative estimate of drug-likeness (QED) is 0.815. The molecule has 0 aromatic heterocycles. The van der Waals surface area contributed by atoms with E-state index >= 15 is 0 Å². The standard InChI is InChI=1S/C18H22O2S/c1-13(2)15-7-5-9-17(11-15)21(19,20)18-10-6-8-16(12-18)14(3)4/h5-14H,1-4H3. The highest BCUT2D eigenvalue weighted by Crippen LogP contribution is 2.26. The van der Waals surface area contributed by atoms with Crippen LogP contribution in [0.5, 0.6) is 0 Å². The lowest BCUT2D eigenvalue weighted by molar-refractivity contribution is 0.595. The molecule has 0 fully saturated rings. The van der Waals surface area contributed by atoms with Crippen molar-refractivity contribution >= 4 is 9.84 Å². The summed E-state index contributed by atoms with van der Waals surface area (Å²) in [5, 5.41) is 0. The van der Waals surface area contributed by atoms with Crippen molar-refractivity contribution in [2.24, 2.45) is 0 Å². The maximum atomic E-state index is 12.8. The van der Waals surface area contributed by atoms with Gasteiger partial charge in [-0.3, -0.25) is 0 Å². The SMILES string of the molecule is CC(C)c1cccc(S(=O)(=O)c2cccc(C(C)C)c2)c1. The summed E-state index contributed by atoms with van der Waals surface area (Å²) in [6, 6.07) is 14.5. The first kappa shape index (κ1) is 15.8. The molecule has 0 aliphatic rings. The first-order valence-electron chi connectivity index (χ1n) is 7.27. The van der Waals surface area contributed by atoms with Gasteiger partial charge in [0, 0.05) is 0 Å². The Balaban J connectivity index is 2.52. The van der Waals surface area contributed by atoms with Gasteiger partial charge in [-0.05, 0) is 47.2 Å². The highest BCUT2D eigenvalue weighted by Gasteiger charge is 2.19. The smallest absolute Gasteiger partial charge is 0.206 e. The molecule has 0 bridgehead atoms. The molecule has 0 heterocycles. The zero-order valence-electron chi connectivity index (χ0n) is 13.0. The molecule has 2 nitrogen and oxygen atoms in total. The second-order valence-corrected chi connectivity index (χ2v) is 7.91. The van der Waals surface area contributed by atoms with Crippen molar-refractivity contribution in [2.45, 2.75) is 49.3 Å². The molecule has 0 unspecified atom stereocenters. The molecule has 2 rings (SSSR count). The predicted molar refractivity (Wildman–Crippen MR) is 86.5 cm³/mol. The van der Waals surface area contributed by atoms with Gasteiger partial charge in [-0.15, -0.1) is 0 Å². The third-order valence-corrected chi connectivity index (χ3v) is 5.42. The van der Waals surface area contributed by atoms with Crippen molar-refractivity contribution in [1.29, 1.82) is 0 Å². The Morgan fingerprint density at radius 2 is 1.10 bits per heavy atom. The Bertz CT molecular complexity index is 671. The minimum Gasteiger partial charge on any atom is -0.219 e. The van der Waals surface area contributed by atoms with E-state index in [0.717, 1.165) is 11.1 Å². The Morgan fingerprint density at radius 1 is 0.714 bits per heavy atom. The predicted octanol–water partition coefficient (Wildman–Crippen LogP) is 4.77. The van der Waals surface area contributed by atoms with Crippen molar-refractivity contribution in [3.63, 3.8) is 0 Å². The van der Waals surface area contributed by atoms with E-state index in [4.69, 9.17) is 0 Å². The molecule has 2 aromatic carbocycles. The molecular weight excluding hydrogens is 280 g/mol. The van der Waals surface area contributed by atoms with Crippen molar-refractivity contribution in [3.05, 3.63) is 59.7 Å². The lowest BCUT2D eigenvalue weighted by Gasteiger charge is -2.11. The summed E-state index contributed by atoms with van der Waals surface area (Å²) in [6.07, 6.45) is 0. The zero-order valence-corrected chi connectivity index (χ0v) is 13.8. The van der Waals surface area contributed by atoms with Gasteiger partial charge in [-0.2, -0.15) is 0 Å². The van der Waals surface area contributed by atoms with Gasteiger partial charge in [0.1, 0.15) is 0 Å². The summed E-state index contributed by atoms with van der Waals surface area (Å²) in [5.74, 6) is 0.615. The first-order valence-corrected chi connectivity index (χ1v) is 8.75. The van der Waals surface area contributed by atoms with Gasteiger partial charge >= 0.3 is 0 Å². The van der Waals surface area contributed by atoms with E-state index < -0.39 is 9.84 Å². The monoisotopic (exact) mass is 302 g/mol. The van der Waals surface area contributed by atoms with Gasteiger partial charge in [-0.1, -0.05) is 52.0 Å². The third-order valence-electron chi connectivity index (χ3n) is 3.67. The number of hydrogen-bond acceptors (Lipinski definition) is 2. The first-order chi connectivity index (χ1) is 9.82. The molecule has 21 heavy (non-hydrogen) atoms. The fraction of sp³-hybridized carbons (Fsp3) is 0.333. The highest BCUT2D eigenvalue weighted by atomic mass is 32.2. The molecule has 0 aliphatic carbocycles. The van der Waals surface area contributed by atoms with Gasteiger partial charge in [0.15, 0.2) is 0 Å². The molecule has 3 heteroatoms. The van der Waals surface area contributed by atoms with Crippen molar-refractivity contribution in [1.82, 2.24) is 0 Å². The van der Waals surface area contributed by atoms with E-state index in [0.29, 0.717) is 21.6 Å². The topological polar surface area (TPSA) is 34.1 Å². The Kier molecular flexibility index (Phi) is 4.52. The number of hydrogen-bond donors (Lipinski definition) is 0. The third kappa shape index (κ3) is 3.35. The molecule has 0 N–H and O–H groups in total. The fourth-order valence-electron chi connectivity index (χ4n) is 2.22. The molecule has 0 spiro atoms. The molecule has 112 valence electrons. The second kappa shape index (κ2) is 6.02. The number of sulfone groups is 1. The maximum absolute atomic E-state index is 12.8. The summed E-state index contributed by atoms with van der Waals surface area (Å²) in [4.78, 5) is 0.740. The summed E-state index contributed by atoms with van der Waals surface area (Å²) in [7, 11) is -3.45. The van der Waals surface area contributed by atoms with Crippen LogP contribution in [-0.2, 0) is 9.84 Å². The van der Waals surface area contributed by atoms with Crippen LogP contribution in [-0.4, -0.2) is 8.42 Å². The minimum absolute atomic E-state index is 0.308. The van der Waals surface area contributed by atoms with Crippen LogP contribution in [0.25, 0.3) is 0 Å². The summed E-state index contributed by atoms with van der Waals surface area (Å²) in [6.45, 7) is 8.24. The minimum atomic E-state index is -3.45. The fourth-order valence-corrected chi connectivity index (χ4v) is 3.59. The van der Waals surface area contributed by atoms with E-state index in [1.165, 1.54) is 0 Å². The van der Waals surface area contributed by atoms with Crippen LogP contribution in [0.4, 0.5) is 0 Å². The normalized spacial score (nSPS) is 12.1.